The molecule has 0 unspecified atom stereocenters. The van der Waals surface area contributed by atoms with Crippen LogP contribution in [-0.2, 0) is 6.54 Å². The molecule has 2 nitrogen and oxygen atoms in total. The lowest BCUT2D eigenvalue weighted by molar-refractivity contribution is 0.230. The van der Waals surface area contributed by atoms with Gasteiger partial charge in [0.05, 0.1) is 0 Å². The molecule has 0 amide bonds. The van der Waals surface area contributed by atoms with Gasteiger partial charge >= 0.3 is 0 Å². The molecular formula is C12H17FN2S. The summed E-state index contributed by atoms with van der Waals surface area (Å²) in [6, 6.07) is 5.37. The Bertz CT molecular complexity index is 351. The third-order valence-electron chi connectivity index (χ3n) is 2.86. The number of hydrogen-bond acceptors (Lipinski definition) is 3. The third-order valence-corrected chi connectivity index (χ3v) is 3.58. The molecule has 16 heavy (non-hydrogen) atoms. The van der Waals surface area contributed by atoms with Gasteiger partial charge in [-0.1, -0.05) is 0 Å². The molecular weight excluding hydrogens is 223 g/mol. The van der Waals surface area contributed by atoms with E-state index in [9.17, 15) is 4.39 Å². The highest BCUT2D eigenvalue weighted by atomic mass is 32.2. The van der Waals surface area contributed by atoms with Crippen molar-refractivity contribution in [1.82, 2.24) is 10.2 Å². The average Bonchev–Trinajstić information content (AvgIpc) is 2.33. The zero-order chi connectivity index (χ0) is 11.4. The highest BCUT2D eigenvalue weighted by molar-refractivity contribution is 7.98. The summed E-state index contributed by atoms with van der Waals surface area (Å²) in [5.74, 6) is -0.0867. The highest BCUT2D eigenvalue weighted by Gasteiger charge is 2.12. The van der Waals surface area contributed by atoms with Crippen molar-refractivity contribution in [1.29, 1.82) is 0 Å². The second kappa shape index (κ2) is 5.66. The topological polar surface area (TPSA) is 15.3 Å². The van der Waals surface area contributed by atoms with Crippen LogP contribution in [-0.4, -0.2) is 37.3 Å². The third kappa shape index (κ3) is 2.97. The fourth-order valence-corrected chi connectivity index (χ4v) is 2.37. The Morgan fingerprint density at radius 1 is 1.38 bits per heavy atom. The van der Waals surface area contributed by atoms with Crippen LogP contribution in [0.15, 0.2) is 23.1 Å². The van der Waals surface area contributed by atoms with E-state index in [1.54, 1.807) is 17.8 Å². The minimum Gasteiger partial charge on any atom is -0.314 e. The predicted molar refractivity (Wildman–Crippen MR) is 66.3 cm³/mol. The van der Waals surface area contributed by atoms with E-state index in [2.05, 4.69) is 10.2 Å². The van der Waals surface area contributed by atoms with E-state index < -0.39 is 0 Å². The molecule has 0 atom stereocenters. The van der Waals surface area contributed by atoms with Gasteiger partial charge in [0.25, 0.3) is 0 Å². The average molecular weight is 240 g/mol. The standard InChI is InChI=1S/C12H17FN2S/c1-16-11-2-3-12(13)10(8-11)9-15-6-4-14-5-7-15/h2-3,8,14H,4-7,9H2,1H3. The van der Waals surface area contributed by atoms with Crippen LogP contribution in [0.25, 0.3) is 0 Å². The molecule has 0 spiro atoms. The summed E-state index contributed by atoms with van der Waals surface area (Å²) in [4.78, 5) is 3.42. The molecule has 0 bridgehead atoms. The summed E-state index contributed by atoms with van der Waals surface area (Å²) < 4.78 is 13.6. The summed E-state index contributed by atoms with van der Waals surface area (Å²) in [5, 5.41) is 3.30. The summed E-state index contributed by atoms with van der Waals surface area (Å²) in [7, 11) is 0. The number of nitrogens with zero attached hydrogens (tertiary/aromatic N) is 1. The van der Waals surface area contributed by atoms with Gasteiger partial charge in [0, 0.05) is 43.2 Å². The van der Waals surface area contributed by atoms with Gasteiger partial charge < -0.3 is 5.32 Å². The van der Waals surface area contributed by atoms with E-state index in [-0.39, 0.29) is 5.82 Å². The van der Waals surface area contributed by atoms with Gasteiger partial charge in [0.15, 0.2) is 0 Å². The van der Waals surface area contributed by atoms with Gasteiger partial charge in [-0.05, 0) is 24.5 Å². The second-order valence-corrected chi connectivity index (χ2v) is 4.86. The van der Waals surface area contributed by atoms with Crippen molar-refractivity contribution in [2.45, 2.75) is 11.4 Å². The molecule has 1 fully saturated rings. The van der Waals surface area contributed by atoms with Crippen LogP contribution in [0.4, 0.5) is 4.39 Å². The minimum absolute atomic E-state index is 0.0867. The van der Waals surface area contributed by atoms with E-state index in [0.29, 0.717) is 0 Å². The lowest BCUT2D eigenvalue weighted by Gasteiger charge is -2.27. The highest BCUT2D eigenvalue weighted by Crippen LogP contribution is 2.19. The fraction of sp³-hybridized carbons (Fsp3) is 0.500. The van der Waals surface area contributed by atoms with Gasteiger partial charge in [-0.3, -0.25) is 4.90 Å². The molecule has 0 saturated carbocycles. The SMILES string of the molecule is CSc1ccc(F)c(CN2CCNCC2)c1. The van der Waals surface area contributed by atoms with Gasteiger partial charge in [0.1, 0.15) is 5.82 Å². The Morgan fingerprint density at radius 3 is 2.81 bits per heavy atom. The van der Waals surface area contributed by atoms with E-state index in [1.807, 2.05) is 18.4 Å². The Labute approximate surface area is 100 Å². The fourth-order valence-electron chi connectivity index (χ4n) is 1.91. The van der Waals surface area contributed by atoms with Crippen LogP contribution in [0.1, 0.15) is 5.56 Å². The molecule has 0 radical (unpaired) electrons. The Kier molecular flexibility index (Phi) is 4.21. The maximum Gasteiger partial charge on any atom is 0.127 e. The maximum absolute atomic E-state index is 13.6. The molecule has 1 N–H and O–H groups in total. The quantitative estimate of drug-likeness (QED) is 0.813. The van der Waals surface area contributed by atoms with Crippen LogP contribution < -0.4 is 5.32 Å². The number of halogens is 1. The van der Waals surface area contributed by atoms with Crippen molar-refractivity contribution in [3.8, 4) is 0 Å². The lowest BCUT2D eigenvalue weighted by atomic mass is 10.2. The Morgan fingerprint density at radius 2 is 2.12 bits per heavy atom. The molecule has 4 heteroatoms. The minimum atomic E-state index is -0.0867. The van der Waals surface area contributed by atoms with Crippen LogP contribution in [0, 0.1) is 5.82 Å². The smallest absolute Gasteiger partial charge is 0.127 e. The number of nitrogens with one attached hydrogen (secondary N) is 1. The number of piperazine rings is 1. The first-order valence-electron chi connectivity index (χ1n) is 5.55. The number of benzene rings is 1. The first-order chi connectivity index (χ1) is 7.79. The van der Waals surface area contributed by atoms with Crippen molar-refractivity contribution in [2.75, 3.05) is 32.4 Å². The molecule has 1 aliphatic heterocycles. The number of thioether (sulfide) groups is 1. The summed E-state index contributed by atoms with van der Waals surface area (Å²) in [5.41, 5.74) is 0.814. The zero-order valence-corrected chi connectivity index (χ0v) is 10.3. The molecule has 2 rings (SSSR count). The largest absolute Gasteiger partial charge is 0.314 e. The molecule has 1 heterocycles. The summed E-state index contributed by atoms with van der Waals surface area (Å²) in [6.45, 7) is 4.74. The van der Waals surface area contributed by atoms with E-state index >= 15 is 0 Å². The lowest BCUT2D eigenvalue weighted by Crippen LogP contribution is -2.43. The summed E-state index contributed by atoms with van der Waals surface area (Å²) in [6.07, 6.45) is 2.02. The van der Waals surface area contributed by atoms with Gasteiger partial charge in [-0.25, -0.2) is 4.39 Å². The van der Waals surface area contributed by atoms with E-state index in [1.165, 1.54) is 0 Å². The molecule has 1 aromatic carbocycles. The first kappa shape index (κ1) is 11.9. The van der Waals surface area contributed by atoms with Crippen molar-refractivity contribution in [3.63, 3.8) is 0 Å². The number of rotatable bonds is 3. The van der Waals surface area contributed by atoms with Gasteiger partial charge in [0.2, 0.25) is 0 Å². The number of hydrogen-bond donors (Lipinski definition) is 1. The van der Waals surface area contributed by atoms with Crippen molar-refractivity contribution >= 4 is 11.8 Å². The van der Waals surface area contributed by atoms with Gasteiger partial charge in [-0.15, -0.1) is 11.8 Å². The van der Waals surface area contributed by atoms with Gasteiger partial charge in [-0.2, -0.15) is 0 Å². The summed E-state index contributed by atoms with van der Waals surface area (Å²) >= 11 is 1.66. The molecule has 0 aliphatic carbocycles. The predicted octanol–water partition coefficient (Wildman–Crippen LogP) is 1.95. The monoisotopic (exact) mass is 240 g/mol. The van der Waals surface area contributed by atoms with Crippen molar-refractivity contribution in [2.24, 2.45) is 0 Å². The Hall–Kier alpha value is -0.580. The van der Waals surface area contributed by atoms with Crippen LogP contribution in [0.3, 0.4) is 0 Å². The molecule has 1 aliphatic rings. The zero-order valence-electron chi connectivity index (χ0n) is 9.50. The van der Waals surface area contributed by atoms with Crippen molar-refractivity contribution in [3.05, 3.63) is 29.6 Å². The van der Waals surface area contributed by atoms with E-state index in [0.717, 1.165) is 43.2 Å². The second-order valence-electron chi connectivity index (χ2n) is 3.98. The molecule has 1 saturated heterocycles. The van der Waals surface area contributed by atoms with Crippen LogP contribution in [0.5, 0.6) is 0 Å². The first-order valence-corrected chi connectivity index (χ1v) is 6.77. The van der Waals surface area contributed by atoms with Crippen LogP contribution in [0.2, 0.25) is 0 Å². The molecule has 0 aromatic heterocycles. The molecule has 88 valence electrons. The normalized spacial score (nSPS) is 17.6. The van der Waals surface area contributed by atoms with Crippen molar-refractivity contribution < 1.29 is 4.39 Å². The molecule has 1 aromatic rings. The van der Waals surface area contributed by atoms with Crippen LogP contribution >= 0.6 is 11.8 Å². The Balaban J connectivity index is 2.06. The maximum atomic E-state index is 13.6. The van der Waals surface area contributed by atoms with E-state index in [4.69, 9.17) is 0 Å².